The van der Waals surface area contributed by atoms with Gasteiger partial charge < -0.3 is 16.0 Å². The van der Waals surface area contributed by atoms with Crippen LogP contribution in [0.1, 0.15) is 27.2 Å². The van der Waals surface area contributed by atoms with E-state index >= 15 is 0 Å². The summed E-state index contributed by atoms with van der Waals surface area (Å²) in [6.07, 6.45) is 0.534. The van der Waals surface area contributed by atoms with Crippen molar-refractivity contribution < 1.29 is 4.79 Å². The highest BCUT2D eigenvalue weighted by atomic mass is 35.5. The number of halogens is 1. The van der Waals surface area contributed by atoms with E-state index in [2.05, 4.69) is 10.3 Å². The van der Waals surface area contributed by atoms with Gasteiger partial charge in [0.1, 0.15) is 11.5 Å². The summed E-state index contributed by atoms with van der Waals surface area (Å²) < 4.78 is 0. The Bertz CT molecular complexity index is 1220. The van der Waals surface area contributed by atoms with E-state index in [9.17, 15) is 4.79 Å². The topological polar surface area (TPSA) is 70.9 Å². The summed E-state index contributed by atoms with van der Waals surface area (Å²) >= 11 is 11.8. The van der Waals surface area contributed by atoms with Crippen molar-refractivity contribution in [2.75, 3.05) is 11.1 Å². The van der Waals surface area contributed by atoms with E-state index in [-0.39, 0.29) is 5.78 Å². The molecule has 4 nitrogen and oxygen atoms in total. The van der Waals surface area contributed by atoms with Crippen LogP contribution in [0.5, 0.6) is 0 Å². The Morgan fingerprint density at radius 2 is 1.55 bits per heavy atom. The molecule has 0 aliphatic rings. The average molecular weight is 446 g/mol. The second-order valence-corrected chi connectivity index (χ2v) is 8.01. The van der Waals surface area contributed by atoms with Gasteiger partial charge in [-0.25, -0.2) is 0 Å². The Morgan fingerprint density at radius 1 is 0.935 bits per heavy atom. The van der Waals surface area contributed by atoms with Crippen molar-refractivity contribution in [2.24, 2.45) is 0 Å². The normalized spacial score (nSPS) is 10.6. The molecular formula is C25H20ClN3OS. The minimum Gasteiger partial charge on any atom is -0.396 e. The van der Waals surface area contributed by atoms with Gasteiger partial charge in [-0.3, -0.25) is 4.79 Å². The Morgan fingerprint density at radius 3 is 2.19 bits per heavy atom. The number of anilines is 3. The lowest BCUT2D eigenvalue weighted by molar-refractivity contribution is 0.103. The van der Waals surface area contributed by atoms with Gasteiger partial charge >= 0.3 is 0 Å². The zero-order valence-corrected chi connectivity index (χ0v) is 18.1. The van der Waals surface area contributed by atoms with Crippen molar-refractivity contribution in [1.82, 2.24) is 4.98 Å². The summed E-state index contributed by atoms with van der Waals surface area (Å²) in [6.45, 7) is 0. The number of nitrogens with two attached hydrogens (primary N) is 1. The molecule has 6 heteroatoms. The van der Waals surface area contributed by atoms with Gasteiger partial charge in [0.15, 0.2) is 0 Å². The number of carbonyl (C=O) groups is 1. The Balaban J connectivity index is 1.74. The fourth-order valence-electron chi connectivity index (χ4n) is 3.36. The van der Waals surface area contributed by atoms with Crippen LogP contribution in [0.2, 0.25) is 5.02 Å². The fraction of sp³-hybridized carbons (Fsp3) is 0.0400. The first kappa shape index (κ1) is 20.8. The maximum atomic E-state index is 13.1. The highest BCUT2D eigenvalue weighted by molar-refractivity contribution is 7.80. The number of nitrogens with one attached hydrogen (secondary N) is 2. The number of ketones is 1. The van der Waals surface area contributed by atoms with Crippen LogP contribution in [0.25, 0.3) is 0 Å². The summed E-state index contributed by atoms with van der Waals surface area (Å²) in [4.78, 5) is 16.9. The van der Waals surface area contributed by atoms with Crippen molar-refractivity contribution >= 4 is 51.7 Å². The molecule has 0 saturated carbocycles. The minimum atomic E-state index is -0.189. The molecule has 4 aromatic rings. The number of nitrogen functional groups attached to an aromatic ring is 1. The number of aromatic nitrogens is 1. The van der Waals surface area contributed by atoms with Gasteiger partial charge in [-0.2, -0.15) is 0 Å². The van der Waals surface area contributed by atoms with Crippen LogP contribution in [0.15, 0.2) is 84.9 Å². The molecule has 4 N–H and O–H groups in total. The Labute approximate surface area is 191 Å². The molecule has 0 aliphatic carbocycles. The standard InChI is InChI=1S/C25H20ClN3OS/c26-18-11-13-19(14-12-18)28-25-21(20(31)15-16-7-3-1-4-8-16)22(27)23(29-25)24(30)17-9-5-2-6-10-17/h1-14,28-29H,15,27H2. The van der Waals surface area contributed by atoms with Gasteiger partial charge in [0.25, 0.3) is 0 Å². The minimum absolute atomic E-state index is 0.189. The number of H-pyrrole nitrogens is 1. The van der Waals surface area contributed by atoms with Gasteiger partial charge in [0, 0.05) is 27.6 Å². The first-order chi connectivity index (χ1) is 15.0. The van der Waals surface area contributed by atoms with Gasteiger partial charge in [-0.15, -0.1) is 0 Å². The van der Waals surface area contributed by atoms with Crippen molar-refractivity contribution in [2.45, 2.75) is 6.42 Å². The second-order valence-electron chi connectivity index (χ2n) is 7.08. The van der Waals surface area contributed by atoms with Crippen molar-refractivity contribution in [1.29, 1.82) is 0 Å². The van der Waals surface area contributed by atoms with Crippen LogP contribution in [-0.4, -0.2) is 15.6 Å². The van der Waals surface area contributed by atoms with E-state index in [1.165, 1.54) is 0 Å². The molecule has 3 aromatic carbocycles. The van der Waals surface area contributed by atoms with Gasteiger partial charge in [0.2, 0.25) is 5.78 Å². The summed E-state index contributed by atoms with van der Waals surface area (Å²) in [7, 11) is 0. The maximum absolute atomic E-state index is 13.1. The lowest BCUT2D eigenvalue weighted by Gasteiger charge is -2.10. The molecule has 0 bridgehead atoms. The van der Waals surface area contributed by atoms with Crippen LogP contribution in [0.3, 0.4) is 0 Å². The zero-order valence-electron chi connectivity index (χ0n) is 16.6. The molecule has 31 heavy (non-hydrogen) atoms. The van der Waals surface area contributed by atoms with Crippen molar-refractivity contribution in [3.63, 3.8) is 0 Å². The molecular weight excluding hydrogens is 426 g/mol. The number of aromatic amines is 1. The van der Waals surface area contributed by atoms with Gasteiger partial charge in [-0.05, 0) is 29.8 Å². The lowest BCUT2D eigenvalue weighted by atomic mass is 10.0. The van der Waals surface area contributed by atoms with Crippen LogP contribution in [0.4, 0.5) is 17.2 Å². The third-order valence-corrected chi connectivity index (χ3v) is 5.50. The summed E-state index contributed by atoms with van der Waals surface area (Å²) in [6, 6.07) is 26.2. The van der Waals surface area contributed by atoms with Crippen molar-refractivity contribution in [3.8, 4) is 0 Å². The summed E-state index contributed by atoms with van der Waals surface area (Å²) in [5, 5.41) is 3.94. The van der Waals surface area contributed by atoms with Gasteiger partial charge in [-0.1, -0.05) is 84.5 Å². The lowest BCUT2D eigenvalue weighted by Crippen LogP contribution is -2.08. The highest BCUT2D eigenvalue weighted by Gasteiger charge is 2.24. The van der Waals surface area contributed by atoms with Crippen LogP contribution in [-0.2, 0) is 6.42 Å². The summed E-state index contributed by atoms with van der Waals surface area (Å²) in [5.41, 5.74) is 10.2. The average Bonchev–Trinajstić information content (AvgIpc) is 3.12. The smallest absolute Gasteiger partial charge is 0.211 e. The van der Waals surface area contributed by atoms with Crippen molar-refractivity contribution in [3.05, 3.63) is 112 Å². The predicted molar refractivity (Wildman–Crippen MR) is 132 cm³/mol. The van der Waals surface area contributed by atoms with Crippen LogP contribution < -0.4 is 11.1 Å². The number of carbonyl (C=O) groups excluding carboxylic acids is 1. The fourth-order valence-corrected chi connectivity index (χ4v) is 3.86. The molecule has 0 saturated heterocycles. The van der Waals surface area contributed by atoms with E-state index in [4.69, 9.17) is 29.6 Å². The number of benzene rings is 3. The highest BCUT2D eigenvalue weighted by Crippen LogP contribution is 2.32. The zero-order chi connectivity index (χ0) is 21.8. The third kappa shape index (κ3) is 4.68. The van der Waals surface area contributed by atoms with Crippen LogP contribution in [0, 0.1) is 0 Å². The van der Waals surface area contributed by atoms with Gasteiger partial charge in [0.05, 0.1) is 11.3 Å². The first-order valence-electron chi connectivity index (χ1n) is 9.74. The molecule has 0 aliphatic heterocycles. The largest absolute Gasteiger partial charge is 0.396 e. The Hall–Kier alpha value is -3.41. The molecule has 0 unspecified atom stereocenters. The Kier molecular flexibility index (Phi) is 6.16. The molecule has 0 fully saturated rings. The molecule has 1 heterocycles. The summed E-state index contributed by atoms with van der Waals surface area (Å²) in [5.74, 6) is 0.394. The molecule has 0 amide bonds. The van der Waals surface area contributed by atoms with E-state index in [0.29, 0.717) is 44.6 Å². The molecule has 0 spiro atoms. The van der Waals surface area contributed by atoms with E-state index in [1.807, 2.05) is 60.7 Å². The van der Waals surface area contributed by atoms with E-state index in [1.54, 1.807) is 24.3 Å². The maximum Gasteiger partial charge on any atom is 0.211 e. The SMILES string of the molecule is Nc1c(C(=O)c2ccccc2)[nH]c(Nc2ccc(Cl)cc2)c1C(=S)Cc1ccccc1. The first-order valence-corrected chi connectivity index (χ1v) is 10.5. The van der Waals surface area contributed by atoms with E-state index in [0.717, 1.165) is 11.3 Å². The third-order valence-electron chi connectivity index (χ3n) is 4.90. The van der Waals surface area contributed by atoms with Crippen LogP contribution >= 0.6 is 23.8 Å². The number of hydrogen-bond donors (Lipinski definition) is 3. The second kappa shape index (κ2) is 9.16. The predicted octanol–water partition coefficient (Wildman–Crippen LogP) is 6.19. The molecule has 0 radical (unpaired) electrons. The molecule has 0 atom stereocenters. The quantitative estimate of drug-likeness (QED) is 0.234. The van der Waals surface area contributed by atoms with E-state index < -0.39 is 0 Å². The molecule has 1 aromatic heterocycles. The number of rotatable bonds is 7. The molecule has 4 rings (SSSR count). The number of hydrogen-bond acceptors (Lipinski definition) is 4. The number of thiocarbonyl (C=S) groups is 1. The monoisotopic (exact) mass is 445 g/mol. The molecule has 154 valence electrons.